The van der Waals surface area contributed by atoms with Gasteiger partial charge in [-0.25, -0.2) is 0 Å². The lowest BCUT2D eigenvalue weighted by molar-refractivity contribution is -0.181. The summed E-state index contributed by atoms with van der Waals surface area (Å²) in [5.41, 5.74) is 5.30. The van der Waals surface area contributed by atoms with E-state index >= 15 is 0 Å². The molecule has 0 amide bonds. The molecule has 2 bridgehead atoms. The molecule has 0 aromatic heterocycles. The first-order valence-electron chi connectivity index (χ1n) is 6.16. The number of nitrogens with zero attached hydrogens (tertiary/aromatic N) is 2. The molecule has 6 heteroatoms. The van der Waals surface area contributed by atoms with Crippen LogP contribution >= 0.6 is 0 Å². The van der Waals surface area contributed by atoms with Crippen LogP contribution in [0.5, 0.6) is 0 Å². The Morgan fingerprint density at radius 2 is 1.88 bits per heavy atom. The molecule has 2 aliphatic heterocycles. The summed E-state index contributed by atoms with van der Waals surface area (Å²) in [5, 5.41) is 0. The first-order chi connectivity index (χ1) is 7.93. The van der Waals surface area contributed by atoms with E-state index < -0.39 is 12.2 Å². The van der Waals surface area contributed by atoms with Gasteiger partial charge in [0.15, 0.2) is 0 Å². The molecular weight excluding hydrogens is 231 g/mol. The van der Waals surface area contributed by atoms with Gasteiger partial charge in [-0.1, -0.05) is 0 Å². The van der Waals surface area contributed by atoms with Crippen LogP contribution in [0.15, 0.2) is 0 Å². The monoisotopic (exact) mass is 251 g/mol. The van der Waals surface area contributed by atoms with Gasteiger partial charge in [0.05, 0.1) is 0 Å². The van der Waals surface area contributed by atoms with Crippen molar-refractivity contribution in [1.82, 2.24) is 9.80 Å². The zero-order valence-electron chi connectivity index (χ0n) is 10.1. The Bertz CT molecular complexity index is 269. The molecule has 2 saturated heterocycles. The Balaban J connectivity index is 2.07. The van der Waals surface area contributed by atoms with Crippen molar-refractivity contribution in [1.29, 1.82) is 0 Å². The average molecular weight is 251 g/mol. The van der Waals surface area contributed by atoms with Gasteiger partial charge in [-0.05, 0) is 26.3 Å². The molecule has 0 aromatic rings. The van der Waals surface area contributed by atoms with Crippen molar-refractivity contribution in [2.75, 3.05) is 26.7 Å². The number of nitrogens with two attached hydrogens (primary N) is 1. The lowest BCUT2D eigenvalue weighted by Gasteiger charge is -2.33. The maximum absolute atomic E-state index is 12.8. The number of alkyl halides is 3. The summed E-state index contributed by atoms with van der Waals surface area (Å²) in [6.45, 7) is 0.659. The third-order valence-corrected chi connectivity index (χ3v) is 4.22. The number of fused-ring (bicyclic) bond motifs is 2. The number of rotatable bonds is 2. The van der Waals surface area contributed by atoms with Gasteiger partial charge in [0.1, 0.15) is 6.04 Å². The van der Waals surface area contributed by atoms with Gasteiger partial charge in [-0.2, -0.15) is 13.2 Å². The van der Waals surface area contributed by atoms with Crippen molar-refractivity contribution in [3.63, 3.8) is 0 Å². The summed E-state index contributed by atoms with van der Waals surface area (Å²) < 4.78 is 38.5. The first kappa shape index (κ1) is 13.1. The van der Waals surface area contributed by atoms with E-state index in [0.29, 0.717) is 19.1 Å². The Kier molecular flexibility index (Phi) is 3.66. The fourth-order valence-corrected chi connectivity index (χ4v) is 3.11. The van der Waals surface area contributed by atoms with Crippen molar-refractivity contribution < 1.29 is 13.2 Å². The lowest BCUT2D eigenvalue weighted by Crippen LogP contribution is -2.52. The molecule has 2 fully saturated rings. The molecule has 2 aliphatic rings. The summed E-state index contributed by atoms with van der Waals surface area (Å²) in [7, 11) is 2.02. The molecule has 2 N–H and O–H groups in total. The highest BCUT2D eigenvalue weighted by molar-refractivity contribution is 4.94. The van der Waals surface area contributed by atoms with E-state index in [1.54, 1.807) is 0 Å². The van der Waals surface area contributed by atoms with Gasteiger partial charge in [-0.15, -0.1) is 0 Å². The van der Waals surface area contributed by atoms with Crippen molar-refractivity contribution >= 4 is 0 Å². The Morgan fingerprint density at radius 1 is 1.24 bits per heavy atom. The quantitative estimate of drug-likeness (QED) is 0.796. The van der Waals surface area contributed by atoms with Gasteiger partial charge < -0.3 is 5.73 Å². The van der Waals surface area contributed by atoms with Crippen LogP contribution in [0.25, 0.3) is 0 Å². The highest BCUT2D eigenvalue weighted by Gasteiger charge is 2.45. The number of hydrogen-bond acceptors (Lipinski definition) is 3. The number of likely N-dealkylation sites (N-methyl/N-ethyl adjacent to an activating group) is 1. The molecule has 0 saturated carbocycles. The second-order valence-electron chi connectivity index (χ2n) is 5.13. The Morgan fingerprint density at radius 3 is 2.47 bits per heavy atom. The van der Waals surface area contributed by atoms with Crippen molar-refractivity contribution in [3.05, 3.63) is 0 Å². The topological polar surface area (TPSA) is 32.5 Å². The van der Waals surface area contributed by atoms with Gasteiger partial charge in [0.25, 0.3) is 0 Å². The minimum Gasteiger partial charge on any atom is -0.329 e. The maximum atomic E-state index is 12.8. The van der Waals surface area contributed by atoms with Crippen LogP contribution in [0.4, 0.5) is 13.2 Å². The summed E-state index contributed by atoms with van der Waals surface area (Å²) in [6.07, 6.45) is -1.27. The Hall–Kier alpha value is -0.330. The molecule has 0 aromatic carbocycles. The van der Waals surface area contributed by atoms with Crippen LogP contribution in [-0.2, 0) is 0 Å². The number of hydrogen-bond donors (Lipinski definition) is 1. The average Bonchev–Trinajstić information content (AvgIpc) is 2.44. The van der Waals surface area contributed by atoms with Gasteiger partial charge >= 0.3 is 6.18 Å². The molecule has 0 radical (unpaired) electrons. The minimum absolute atomic E-state index is 0.263. The van der Waals surface area contributed by atoms with Crippen LogP contribution in [0, 0.1) is 0 Å². The van der Waals surface area contributed by atoms with Gasteiger partial charge in [-0.3, -0.25) is 9.80 Å². The molecule has 2 heterocycles. The second kappa shape index (κ2) is 4.74. The van der Waals surface area contributed by atoms with Gasteiger partial charge in [0.2, 0.25) is 0 Å². The van der Waals surface area contributed by atoms with Crippen molar-refractivity contribution in [2.24, 2.45) is 5.73 Å². The third kappa shape index (κ3) is 2.58. The summed E-state index contributed by atoms with van der Waals surface area (Å²) >= 11 is 0. The maximum Gasteiger partial charge on any atom is 0.405 e. The Labute approximate surface area is 99.7 Å². The van der Waals surface area contributed by atoms with Crippen LogP contribution in [-0.4, -0.2) is 60.8 Å². The fraction of sp³-hybridized carbons (Fsp3) is 1.00. The molecule has 100 valence electrons. The summed E-state index contributed by atoms with van der Waals surface area (Å²) in [6, 6.07) is -0.759. The largest absolute Gasteiger partial charge is 0.405 e. The van der Waals surface area contributed by atoms with Crippen molar-refractivity contribution in [2.45, 2.75) is 43.6 Å². The highest BCUT2D eigenvalue weighted by atomic mass is 19.4. The predicted molar refractivity (Wildman–Crippen MR) is 59.7 cm³/mol. The standard InChI is InChI=1S/C11H20F3N3/c1-16-8-2-3-9(16)7-17(5-4-8)10(6-15)11(12,13)14/h8-10H,2-7,15H2,1H3. The van der Waals surface area contributed by atoms with Crippen molar-refractivity contribution in [3.8, 4) is 0 Å². The van der Waals surface area contributed by atoms with E-state index in [1.807, 2.05) is 7.05 Å². The molecule has 0 spiro atoms. The normalized spacial score (nSPS) is 33.7. The van der Waals surface area contributed by atoms with E-state index in [9.17, 15) is 13.2 Å². The molecule has 3 nitrogen and oxygen atoms in total. The molecule has 0 aliphatic carbocycles. The van der Waals surface area contributed by atoms with Gasteiger partial charge in [0, 0.05) is 31.7 Å². The summed E-state index contributed by atoms with van der Waals surface area (Å²) in [5.74, 6) is 0. The zero-order valence-corrected chi connectivity index (χ0v) is 10.1. The van der Waals surface area contributed by atoms with E-state index in [4.69, 9.17) is 5.73 Å². The number of halogens is 3. The van der Waals surface area contributed by atoms with Crippen LogP contribution in [0.1, 0.15) is 19.3 Å². The number of likely N-dealkylation sites (tertiary alicyclic amines) is 1. The molecule has 2 rings (SSSR count). The lowest BCUT2D eigenvalue weighted by atomic mass is 10.1. The molecule has 3 unspecified atom stereocenters. The SMILES string of the molecule is CN1C2CCC1CN(C(CN)C(F)(F)F)CC2. The summed E-state index contributed by atoms with van der Waals surface area (Å²) in [4.78, 5) is 3.77. The first-order valence-corrected chi connectivity index (χ1v) is 6.16. The van der Waals surface area contributed by atoms with E-state index in [2.05, 4.69) is 4.90 Å². The third-order valence-electron chi connectivity index (χ3n) is 4.22. The molecule has 17 heavy (non-hydrogen) atoms. The second-order valence-corrected chi connectivity index (χ2v) is 5.13. The van der Waals surface area contributed by atoms with Crippen LogP contribution in [0.3, 0.4) is 0 Å². The van der Waals surface area contributed by atoms with E-state index in [-0.39, 0.29) is 12.6 Å². The van der Waals surface area contributed by atoms with Crippen LogP contribution in [0.2, 0.25) is 0 Å². The molecule has 3 atom stereocenters. The predicted octanol–water partition coefficient (Wildman–Crippen LogP) is 1.04. The fourth-order valence-electron chi connectivity index (χ4n) is 3.11. The minimum atomic E-state index is -4.21. The van der Waals surface area contributed by atoms with E-state index in [1.165, 1.54) is 4.90 Å². The zero-order chi connectivity index (χ0) is 12.6. The van der Waals surface area contributed by atoms with E-state index in [0.717, 1.165) is 19.3 Å². The smallest absolute Gasteiger partial charge is 0.329 e. The highest BCUT2D eigenvalue weighted by Crippen LogP contribution is 2.32. The molecular formula is C11H20F3N3. The van der Waals surface area contributed by atoms with Crippen LogP contribution < -0.4 is 5.73 Å².